The van der Waals surface area contributed by atoms with E-state index >= 15 is 0 Å². The monoisotopic (exact) mass is 373 g/mol. The second-order valence-corrected chi connectivity index (χ2v) is 7.29. The lowest BCUT2D eigenvalue weighted by molar-refractivity contribution is -0.121. The SMILES string of the molecule is CC(C)C(NC(=O)Cc1ccc(Cl)cc1)c1ccc2c(c1)OCCCO2. The summed E-state index contributed by atoms with van der Waals surface area (Å²) in [5.41, 5.74) is 1.96. The third kappa shape index (κ3) is 4.70. The third-order valence-corrected chi connectivity index (χ3v) is 4.64. The third-order valence-electron chi connectivity index (χ3n) is 4.39. The fraction of sp³-hybridized carbons (Fsp3) is 0.381. The first kappa shape index (κ1) is 18.6. The second-order valence-electron chi connectivity index (χ2n) is 6.85. The number of hydrogen-bond acceptors (Lipinski definition) is 3. The predicted octanol–water partition coefficient (Wildman–Crippen LogP) is 4.56. The zero-order valence-electron chi connectivity index (χ0n) is 15.1. The van der Waals surface area contributed by atoms with Gasteiger partial charge >= 0.3 is 0 Å². The maximum absolute atomic E-state index is 12.5. The van der Waals surface area contributed by atoms with Gasteiger partial charge in [-0.05, 0) is 41.3 Å². The molecule has 2 aromatic carbocycles. The van der Waals surface area contributed by atoms with Crippen LogP contribution in [0.25, 0.3) is 0 Å². The molecule has 138 valence electrons. The first-order valence-corrected chi connectivity index (χ1v) is 9.34. The average molecular weight is 374 g/mol. The molecule has 26 heavy (non-hydrogen) atoms. The van der Waals surface area contributed by atoms with E-state index in [1.54, 1.807) is 12.1 Å². The van der Waals surface area contributed by atoms with Gasteiger partial charge in [-0.3, -0.25) is 4.79 Å². The molecule has 2 aromatic rings. The Bertz CT molecular complexity index is 758. The van der Waals surface area contributed by atoms with E-state index in [4.69, 9.17) is 21.1 Å². The number of amides is 1. The zero-order chi connectivity index (χ0) is 18.5. The van der Waals surface area contributed by atoms with Crippen LogP contribution in [0, 0.1) is 5.92 Å². The zero-order valence-corrected chi connectivity index (χ0v) is 15.9. The van der Waals surface area contributed by atoms with Crippen LogP contribution in [0.5, 0.6) is 11.5 Å². The maximum Gasteiger partial charge on any atom is 0.224 e. The van der Waals surface area contributed by atoms with Gasteiger partial charge in [0.25, 0.3) is 0 Å². The smallest absolute Gasteiger partial charge is 0.224 e. The lowest BCUT2D eigenvalue weighted by atomic mass is 9.95. The van der Waals surface area contributed by atoms with E-state index in [-0.39, 0.29) is 17.9 Å². The van der Waals surface area contributed by atoms with Crippen molar-refractivity contribution in [2.24, 2.45) is 5.92 Å². The summed E-state index contributed by atoms with van der Waals surface area (Å²) in [6.45, 7) is 5.50. The number of benzene rings is 2. The number of hydrogen-bond donors (Lipinski definition) is 1. The first-order chi connectivity index (χ1) is 12.5. The van der Waals surface area contributed by atoms with Gasteiger partial charge in [-0.25, -0.2) is 0 Å². The van der Waals surface area contributed by atoms with Gasteiger partial charge in [-0.2, -0.15) is 0 Å². The highest BCUT2D eigenvalue weighted by Crippen LogP contribution is 2.34. The van der Waals surface area contributed by atoms with Crippen LogP contribution in [0.4, 0.5) is 0 Å². The number of carbonyl (C=O) groups excluding carboxylic acids is 1. The summed E-state index contributed by atoms with van der Waals surface area (Å²) >= 11 is 5.90. The minimum atomic E-state index is -0.0908. The van der Waals surface area contributed by atoms with Crippen LogP contribution in [0.3, 0.4) is 0 Å². The van der Waals surface area contributed by atoms with Crippen molar-refractivity contribution in [3.8, 4) is 11.5 Å². The van der Waals surface area contributed by atoms with Gasteiger partial charge in [0.15, 0.2) is 11.5 Å². The Morgan fingerprint density at radius 2 is 1.77 bits per heavy atom. The Morgan fingerprint density at radius 3 is 2.46 bits per heavy atom. The number of rotatable bonds is 5. The fourth-order valence-electron chi connectivity index (χ4n) is 3.02. The molecule has 1 aliphatic heterocycles. The largest absolute Gasteiger partial charge is 0.490 e. The van der Waals surface area contributed by atoms with E-state index in [1.807, 2.05) is 30.3 Å². The second kappa shape index (κ2) is 8.45. The molecule has 0 aromatic heterocycles. The molecule has 1 amide bonds. The molecule has 1 atom stereocenters. The lowest BCUT2D eigenvalue weighted by Crippen LogP contribution is -2.32. The molecule has 0 spiro atoms. The maximum atomic E-state index is 12.5. The Labute approximate surface area is 159 Å². The molecule has 1 unspecified atom stereocenters. The molecule has 0 radical (unpaired) electrons. The summed E-state index contributed by atoms with van der Waals surface area (Å²) in [5, 5.41) is 3.82. The number of fused-ring (bicyclic) bond motifs is 1. The van der Waals surface area contributed by atoms with E-state index in [1.165, 1.54) is 0 Å². The topological polar surface area (TPSA) is 47.6 Å². The summed E-state index contributed by atoms with van der Waals surface area (Å²) < 4.78 is 11.5. The highest BCUT2D eigenvalue weighted by Gasteiger charge is 2.21. The highest BCUT2D eigenvalue weighted by molar-refractivity contribution is 6.30. The predicted molar refractivity (Wildman–Crippen MR) is 103 cm³/mol. The summed E-state index contributed by atoms with van der Waals surface area (Å²) in [6.07, 6.45) is 1.19. The van der Waals surface area contributed by atoms with Crippen molar-refractivity contribution < 1.29 is 14.3 Å². The molecular weight excluding hydrogens is 350 g/mol. The van der Waals surface area contributed by atoms with Crippen molar-refractivity contribution in [3.63, 3.8) is 0 Å². The summed E-state index contributed by atoms with van der Waals surface area (Å²) in [4.78, 5) is 12.5. The summed E-state index contributed by atoms with van der Waals surface area (Å²) in [5.74, 6) is 1.74. The van der Waals surface area contributed by atoms with Crippen molar-refractivity contribution in [3.05, 3.63) is 58.6 Å². The Balaban J connectivity index is 1.73. The summed E-state index contributed by atoms with van der Waals surface area (Å²) in [6, 6.07) is 13.2. The first-order valence-electron chi connectivity index (χ1n) is 8.96. The van der Waals surface area contributed by atoms with Crippen molar-refractivity contribution in [1.29, 1.82) is 0 Å². The van der Waals surface area contributed by atoms with Gasteiger partial charge in [0.2, 0.25) is 5.91 Å². The van der Waals surface area contributed by atoms with E-state index in [9.17, 15) is 4.79 Å². The van der Waals surface area contributed by atoms with E-state index in [2.05, 4.69) is 19.2 Å². The van der Waals surface area contributed by atoms with Crippen molar-refractivity contribution in [2.45, 2.75) is 32.7 Å². The number of carbonyl (C=O) groups is 1. The molecule has 0 fully saturated rings. The van der Waals surface area contributed by atoms with Crippen LogP contribution in [0.1, 0.15) is 37.4 Å². The van der Waals surface area contributed by atoms with Crippen LogP contribution in [0.2, 0.25) is 5.02 Å². The Kier molecular flexibility index (Phi) is 6.04. The van der Waals surface area contributed by atoms with E-state index in [0.717, 1.165) is 29.0 Å². The van der Waals surface area contributed by atoms with E-state index < -0.39 is 0 Å². The quantitative estimate of drug-likeness (QED) is 0.835. The van der Waals surface area contributed by atoms with Crippen LogP contribution in [-0.2, 0) is 11.2 Å². The molecule has 4 nitrogen and oxygen atoms in total. The van der Waals surface area contributed by atoms with Gasteiger partial charge in [0, 0.05) is 11.4 Å². The Morgan fingerprint density at radius 1 is 1.08 bits per heavy atom. The van der Waals surface area contributed by atoms with Crippen LogP contribution in [0.15, 0.2) is 42.5 Å². The van der Waals surface area contributed by atoms with Crippen LogP contribution < -0.4 is 14.8 Å². The normalized spacial score (nSPS) is 14.6. The molecule has 1 N–H and O–H groups in total. The van der Waals surface area contributed by atoms with Crippen LogP contribution >= 0.6 is 11.6 Å². The highest BCUT2D eigenvalue weighted by atomic mass is 35.5. The van der Waals surface area contributed by atoms with Gasteiger partial charge < -0.3 is 14.8 Å². The average Bonchev–Trinajstić information content (AvgIpc) is 2.86. The molecular formula is C21H24ClNO3. The molecule has 0 saturated heterocycles. The number of ether oxygens (including phenoxy) is 2. The van der Waals surface area contributed by atoms with E-state index in [0.29, 0.717) is 24.7 Å². The minimum Gasteiger partial charge on any atom is -0.490 e. The van der Waals surface area contributed by atoms with Gasteiger partial charge in [0.1, 0.15) is 0 Å². The molecule has 1 aliphatic rings. The van der Waals surface area contributed by atoms with Gasteiger partial charge in [-0.1, -0.05) is 43.6 Å². The minimum absolute atomic E-state index is 0.0156. The molecule has 0 aliphatic carbocycles. The fourth-order valence-corrected chi connectivity index (χ4v) is 3.15. The van der Waals surface area contributed by atoms with Crippen molar-refractivity contribution >= 4 is 17.5 Å². The molecule has 3 rings (SSSR count). The number of halogens is 1. The Hall–Kier alpha value is -2.20. The van der Waals surface area contributed by atoms with Gasteiger partial charge in [0.05, 0.1) is 25.7 Å². The molecule has 0 saturated carbocycles. The summed E-state index contributed by atoms with van der Waals surface area (Å²) in [7, 11) is 0. The van der Waals surface area contributed by atoms with Gasteiger partial charge in [-0.15, -0.1) is 0 Å². The van der Waals surface area contributed by atoms with Crippen molar-refractivity contribution in [2.75, 3.05) is 13.2 Å². The number of nitrogens with one attached hydrogen (secondary N) is 1. The molecule has 1 heterocycles. The van der Waals surface area contributed by atoms with Crippen LogP contribution in [-0.4, -0.2) is 19.1 Å². The molecule has 5 heteroatoms. The van der Waals surface area contributed by atoms with Crippen molar-refractivity contribution in [1.82, 2.24) is 5.32 Å². The molecule has 0 bridgehead atoms. The lowest BCUT2D eigenvalue weighted by Gasteiger charge is -2.24. The standard InChI is InChI=1S/C21H24ClNO3/c1-14(2)21(23-20(24)12-15-4-7-17(22)8-5-15)16-6-9-18-19(13-16)26-11-3-10-25-18/h4-9,13-14,21H,3,10-12H2,1-2H3,(H,23,24).